The van der Waals surface area contributed by atoms with E-state index in [0.717, 1.165) is 53.6 Å². The highest BCUT2D eigenvalue weighted by molar-refractivity contribution is 7.22. The third kappa shape index (κ3) is 2.26. The van der Waals surface area contributed by atoms with Gasteiger partial charge in [-0.3, -0.25) is 0 Å². The SMILES string of the molecule is CCn1nc(C2CCOC2)nc1-c1ccc2sc(N)nc2c1. The zero-order valence-electron chi connectivity index (χ0n) is 12.3. The number of hydrogen-bond acceptors (Lipinski definition) is 6. The first-order chi connectivity index (χ1) is 10.7. The molecule has 1 aliphatic rings. The first-order valence-electron chi connectivity index (χ1n) is 7.43. The summed E-state index contributed by atoms with van der Waals surface area (Å²) in [6.45, 7) is 4.37. The summed E-state index contributed by atoms with van der Waals surface area (Å²) in [5.41, 5.74) is 7.72. The van der Waals surface area contributed by atoms with E-state index in [1.54, 1.807) is 0 Å². The van der Waals surface area contributed by atoms with Gasteiger partial charge in [0, 0.05) is 24.6 Å². The number of fused-ring (bicyclic) bond motifs is 1. The molecule has 1 aliphatic heterocycles. The number of benzene rings is 1. The first-order valence-corrected chi connectivity index (χ1v) is 8.25. The number of thiazole rings is 1. The lowest BCUT2D eigenvalue weighted by Crippen LogP contribution is -2.02. The fourth-order valence-electron chi connectivity index (χ4n) is 2.79. The van der Waals surface area contributed by atoms with E-state index in [-0.39, 0.29) is 0 Å². The standard InChI is InChI=1S/C15H17N5OS/c1-2-20-14(18-13(19-20)10-5-6-21-8-10)9-3-4-12-11(7-9)17-15(16)22-12/h3-4,7,10H,2,5-6,8H2,1H3,(H2,16,17). The van der Waals surface area contributed by atoms with Gasteiger partial charge < -0.3 is 10.5 Å². The van der Waals surface area contributed by atoms with E-state index in [1.165, 1.54) is 11.3 Å². The maximum atomic E-state index is 5.78. The Morgan fingerprint density at radius 1 is 1.41 bits per heavy atom. The Labute approximate surface area is 131 Å². The molecular weight excluding hydrogens is 298 g/mol. The van der Waals surface area contributed by atoms with Crippen LogP contribution in [0.5, 0.6) is 0 Å². The molecule has 1 aromatic carbocycles. The average molecular weight is 315 g/mol. The van der Waals surface area contributed by atoms with Crippen LogP contribution in [0.15, 0.2) is 18.2 Å². The third-order valence-corrected chi connectivity index (χ3v) is 4.81. The minimum atomic E-state index is 0.310. The van der Waals surface area contributed by atoms with Crippen molar-refractivity contribution >= 4 is 26.7 Å². The quantitative estimate of drug-likeness (QED) is 0.804. The minimum Gasteiger partial charge on any atom is -0.381 e. The number of aromatic nitrogens is 4. The average Bonchev–Trinajstić information content (AvgIpc) is 3.23. The number of anilines is 1. The van der Waals surface area contributed by atoms with E-state index in [9.17, 15) is 0 Å². The van der Waals surface area contributed by atoms with Crippen LogP contribution in [-0.4, -0.2) is 33.0 Å². The predicted molar refractivity (Wildman–Crippen MR) is 86.9 cm³/mol. The Hall–Kier alpha value is -1.99. The van der Waals surface area contributed by atoms with Gasteiger partial charge in [0.05, 0.1) is 16.8 Å². The zero-order chi connectivity index (χ0) is 15.1. The molecule has 0 saturated carbocycles. The number of nitrogens with zero attached hydrogens (tertiary/aromatic N) is 4. The predicted octanol–water partition coefficient (Wildman–Crippen LogP) is 2.66. The number of rotatable bonds is 3. The second kappa shape index (κ2) is 5.33. The molecule has 3 heterocycles. The summed E-state index contributed by atoms with van der Waals surface area (Å²) in [4.78, 5) is 9.12. The summed E-state index contributed by atoms with van der Waals surface area (Å²) in [7, 11) is 0. The second-order valence-corrected chi connectivity index (χ2v) is 6.47. The molecule has 1 atom stereocenters. The molecule has 0 spiro atoms. The molecule has 0 bridgehead atoms. The van der Waals surface area contributed by atoms with Gasteiger partial charge >= 0.3 is 0 Å². The van der Waals surface area contributed by atoms with Gasteiger partial charge in [-0.2, -0.15) is 5.10 Å². The van der Waals surface area contributed by atoms with Crippen molar-refractivity contribution in [3.8, 4) is 11.4 Å². The van der Waals surface area contributed by atoms with Gasteiger partial charge in [-0.1, -0.05) is 11.3 Å². The number of hydrogen-bond donors (Lipinski definition) is 1. The Morgan fingerprint density at radius 3 is 3.09 bits per heavy atom. The minimum absolute atomic E-state index is 0.310. The molecule has 7 heteroatoms. The van der Waals surface area contributed by atoms with Gasteiger partial charge in [-0.25, -0.2) is 14.6 Å². The summed E-state index contributed by atoms with van der Waals surface area (Å²) in [5, 5.41) is 5.25. The fourth-order valence-corrected chi connectivity index (χ4v) is 3.50. The van der Waals surface area contributed by atoms with Crippen LogP contribution in [0.2, 0.25) is 0 Å². The molecule has 0 amide bonds. The lowest BCUT2D eigenvalue weighted by Gasteiger charge is -2.02. The van der Waals surface area contributed by atoms with E-state index < -0.39 is 0 Å². The van der Waals surface area contributed by atoms with E-state index >= 15 is 0 Å². The lowest BCUT2D eigenvalue weighted by atomic mass is 10.1. The van der Waals surface area contributed by atoms with Gasteiger partial charge in [0.25, 0.3) is 0 Å². The van der Waals surface area contributed by atoms with Crippen molar-refractivity contribution < 1.29 is 4.74 Å². The van der Waals surface area contributed by atoms with Gasteiger partial charge in [0.2, 0.25) is 0 Å². The Bertz CT molecular complexity index is 819. The number of nitrogens with two attached hydrogens (primary N) is 1. The number of aryl methyl sites for hydroxylation is 1. The van der Waals surface area contributed by atoms with E-state index in [1.807, 2.05) is 16.8 Å². The van der Waals surface area contributed by atoms with Crippen LogP contribution in [0.4, 0.5) is 5.13 Å². The van der Waals surface area contributed by atoms with Crippen molar-refractivity contribution in [2.75, 3.05) is 18.9 Å². The Balaban J connectivity index is 1.78. The summed E-state index contributed by atoms with van der Waals surface area (Å²) in [6.07, 6.45) is 0.995. The normalized spacial score (nSPS) is 18.3. The molecule has 22 heavy (non-hydrogen) atoms. The van der Waals surface area contributed by atoms with E-state index in [0.29, 0.717) is 11.0 Å². The Kier molecular flexibility index (Phi) is 3.31. The maximum Gasteiger partial charge on any atom is 0.181 e. The molecule has 2 aromatic heterocycles. The van der Waals surface area contributed by atoms with Gasteiger partial charge in [0.15, 0.2) is 16.8 Å². The van der Waals surface area contributed by atoms with E-state index in [2.05, 4.69) is 23.1 Å². The number of ether oxygens (including phenoxy) is 1. The molecule has 1 saturated heterocycles. The molecule has 2 N–H and O–H groups in total. The van der Waals surface area contributed by atoms with Crippen LogP contribution in [0.3, 0.4) is 0 Å². The molecule has 3 aromatic rings. The first kappa shape index (κ1) is 13.7. The molecule has 6 nitrogen and oxygen atoms in total. The van der Waals surface area contributed by atoms with Gasteiger partial charge in [-0.05, 0) is 31.5 Å². The highest BCUT2D eigenvalue weighted by Crippen LogP contribution is 2.30. The number of nitrogen functional groups attached to an aromatic ring is 1. The van der Waals surface area contributed by atoms with Crippen LogP contribution in [0, 0.1) is 0 Å². The second-order valence-electron chi connectivity index (χ2n) is 5.40. The van der Waals surface area contributed by atoms with Crippen LogP contribution in [0.25, 0.3) is 21.6 Å². The molecule has 0 aliphatic carbocycles. The molecule has 1 fully saturated rings. The third-order valence-electron chi connectivity index (χ3n) is 3.94. The molecule has 4 rings (SSSR count). The summed E-state index contributed by atoms with van der Waals surface area (Å²) in [6, 6.07) is 6.14. The smallest absolute Gasteiger partial charge is 0.181 e. The highest BCUT2D eigenvalue weighted by atomic mass is 32.1. The van der Waals surface area contributed by atoms with Crippen molar-refractivity contribution in [3.05, 3.63) is 24.0 Å². The van der Waals surface area contributed by atoms with Crippen LogP contribution < -0.4 is 5.73 Å². The van der Waals surface area contributed by atoms with Crippen molar-refractivity contribution in [1.82, 2.24) is 19.7 Å². The summed E-state index contributed by atoms with van der Waals surface area (Å²) >= 11 is 1.50. The van der Waals surface area contributed by atoms with Crippen LogP contribution in [0.1, 0.15) is 25.1 Å². The van der Waals surface area contributed by atoms with Crippen molar-refractivity contribution in [3.63, 3.8) is 0 Å². The molecule has 114 valence electrons. The van der Waals surface area contributed by atoms with Crippen molar-refractivity contribution in [1.29, 1.82) is 0 Å². The van der Waals surface area contributed by atoms with Crippen LogP contribution in [-0.2, 0) is 11.3 Å². The summed E-state index contributed by atoms with van der Waals surface area (Å²) in [5.74, 6) is 2.08. The van der Waals surface area contributed by atoms with Gasteiger partial charge in [-0.15, -0.1) is 0 Å². The lowest BCUT2D eigenvalue weighted by molar-refractivity contribution is 0.193. The molecule has 1 unspecified atom stereocenters. The maximum absolute atomic E-state index is 5.78. The van der Waals surface area contributed by atoms with Gasteiger partial charge in [0.1, 0.15) is 0 Å². The summed E-state index contributed by atoms with van der Waals surface area (Å²) < 4.78 is 8.49. The van der Waals surface area contributed by atoms with E-state index in [4.69, 9.17) is 15.5 Å². The Morgan fingerprint density at radius 2 is 2.32 bits per heavy atom. The largest absolute Gasteiger partial charge is 0.381 e. The highest BCUT2D eigenvalue weighted by Gasteiger charge is 2.24. The fraction of sp³-hybridized carbons (Fsp3) is 0.400. The van der Waals surface area contributed by atoms with Crippen LogP contribution >= 0.6 is 11.3 Å². The van der Waals surface area contributed by atoms with Crippen molar-refractivity contribution in [2.24, 2.45) is 0 Å². The van der Waals surface area contributed by atoms with Crippen molar-refractivity contribution in [2.45, 2.75) is 25.8 Å². The molecule has 0 radical (unpaired) electrons. The topological polar surface area (TPSA) is 78.8 Å². The monoisotopic (exact) mass is 315 g/mol. The zero-order valence-corrected chi connectivity index (χ0v) is 13.1. The molecular formula is C15H17N5OS.